The van der Waals surface area contributed by atoms with E-state index in [2.05, 4.69) is 58.6 Å². The van der Waals surface area contributed by atoms with Crippen molar-refractivity contribution in [3.8, 4) is 0 Å². The number of hydrogen-bond donors (Lipinski definition) is 2. The summed E-state index contributed by atoms with van der Waals surface area (Å²) >= 11 is 0. The monoisotopic (exact) mass is 404 g/mol. The van der Waals surface area contributed by atoms with Crippen LogP contribution in [0, 0.1) is 0 Å². The minimum absolute atomic E-state index is 0.581. The molecule has 29 heavy (non-hydrogen) atoms. The van der Waals surface area contributed by atoms with Crippen molar-refractivity contribution >= 4 is 27.4 Å². The molecular formula is C25H28N2OS. The third kappa shape index (κ3) is 3.84. The van der Waals surface area contributed by atoms with Crippen molar-refractivity contribution in [1.29, 1.82) is 0 Å². The van der Waals surface area contributed by atoms with Crippen LogP contribution in [-0.4, -0.2) is 17.3 Å². The second-order valence-corrected chi connectivity index (χ2v) is 9.47. The normalized spacial score (nSPS) is 18.3. The van der Waals surface area contributed by atoms with E-state index >= 15 is 0 Å². The summed E-state index contributed by atoms with van der Waals surface area (Å²) in [7, 11) is -1.29. The lowest BCUT2D eigenvalue weighted by Crippen LogP contribution is -2.26. The molecule has 1 fully saturated rings. The first kappa shape index (κ1) is 18.8. The van der Waals surface area contributed by atoms with E-state index < -0.39 is 11.0 Å². The average molecular weight is 405 g/mol. The molecular weight excluding hydrogens is 376 g/mol. The van der Waals surface area contributed by atoms with E-state index in [-0.39, 0.29) is 0 Å². The number of anilines is 1. The zero-order valence-electron chi connectivity index (χ0n) is 16.7. The Morgan fingerprint density at radius 2 is 1.62 bits per heavy atom. The van der Waals surface area contributed by atoms with Gasteiger partial charge in [0.15, 0.2) is 11.0 Å². The minimum Gasteiger partial charge on any atom is -0.317 e. The van der Waals surface area contributed by atoms with Crippen LogP contribution in [-0.2, 0) is 23.8 Å². The second kappa shape index (κ2) is 8.29. The molecule has 3 nitrogen and oxygen atoms in total. The van der Waals surface area contributed by atoms with Crippen LogP contribution in [0.1, 0.15) is 48.3 Å². The third-order valence-electron chi connectivity index (χ3n) is 6.46. The van der Waals surface area contributed by atoms with Gasteiger partial charge in [-0.2, -0.15) is 0 Å². The van der Waals surface area contributed by atoms with E-state index in [0.717, 1.165) is 35.5 Å². The number of benzene rings is 3. The summed E-state index contributed by atoms with van der Waals surface area (Å²) in [5.74, 6) is 0.581. The maximum Gasteiger partial charge on any atom is 0.150 e. The highest BCUT2D eigenvalue weighted by Crippen LogP contribution is 2.34. The summed E-state index contributed by atoms with van der Waals surface area (Å²) < 4.78 is 16.5. The molecule has 2 N–H and O–H groups in total. The van der Waals surface area contributed by atoms with Gasteiger partial charge in [-0.05, 0) is 103 Å². The Labute approximate surface area is 175 Å². The van der Waals surface area contributed by atoms with Crippen LogP contribution in [0.4, 0.5) is 5.69 Å². The van der Waals surface area contributed by atoms with E-state index in [0.29, 0.717) is 5.92 Å². The molecule has 3 aromatic rings. The molecule has 0 amide bonds. The van der Waals surface area contributed by atoms with Gasteiger partial charge in [-0.1, -0.05) is 36.4 Å². The summed E-state index contributed by atoms with van der Waals surface area (Å²) in [6.45, 7) is 2.15. The molecule has 5 rings (SSSR count). The number of aryl methyl sites for hydroxylation is 2. The van der Waals surface area contributed by atoms with Crippen LogP contribution in [0.15, 0.2) is 59.5 Å². The molecule has 0 saturated carbocycles. The quantitative estimate of drug-likeness (QED) is 0.618. The number of piperidine rings is 1. The standard InChI is InChI=1S/C25H28N2OS/c28-29(27-21-10-9-18-5-1-2-6-20(18)17-21)25-12-11-22(19-13-15-26-16-14-19)23-7-3-4-8-24(23)25/h3-4,7-12,17,19,26-27H,1-2,5-6,13-16H2. The molecule has 0 aromatic heterocycles. The minimum atomic E-state index is -1.29. The highest BCUT2D eigenvalue weighted by molar-refractivity contribution is 7.86. The summed E-state index contributed by atoms with van der Waals surface area (Å²) in [6, 6.07) is 19.2. The highest BCUT2D eigenvalue weighted by Gasteiger charge is 2.20. The van der Waals surface area contributed by atoms with Crippen molar-refractivity contribution in [2.75, 3.05) is 17.8 Å². The molecule has 1 aliphatic carbocycles. The lowest BCUT2D eigenvalue weighted by Gasteiger charge is -2.25. The molecule has 1 saturated heterocycles. The Morgan fingerprint density at radius 3 is 2.45 bits per heavy atom. The molecule has 0 spiro atoms. The van der Waals surface area contributed by atoms with Crippen LogP contribution in [0.2, 0.25) is 0 Å². The lowest BCUT2D eigenvalue weighted by atomic mass is 9.87. The fourth-order valence-corrected chi connectivity index (χ4v) is 5.92. The van der Waals surface area contributed by atoms with Crippen molar-refractivity contribution in [2.24, 2.45) is 0 Å². The molecule has 0 radical (unpaired) electrons. The fraction of sp³-hybridized carbons (Fsp3) is 0.360. The molecule has 1 unspecified atom stereocenters. The summed E-state index contributed by atoms with van der Waals surface area (Å²) in [5, 5.41) is 5.80. The maximum atomic E-state index is 13.3. The van der Waals surface area contributed by atoms with Gasteiger partial charge >= 0.3 is 0 Å². The predicted molar refractivity (Wildman–Crippen MR) is 122 cm³/mol. The molecule has 1 heterocycles. The average Bonchev–Trinajstić information content (AvgIpc) is 2.79. The first-order valence-electron chi connectivity index (χ1n) is 10.8. The zero-order chi connectivity index (χ0) is 19.6. The first-order chi connectivity index (χ1) is 14.3. The van der Waals surface area contributed by atoms with E-state index in [9.17, 15) is 4.21 Å². The molecule has 2 aliphatic rings. The SMILES string of the molecule is O=S(Nc1ccc2c(c1)CCCC2)c1ccc(C2CCNCC2)c2ccccc12. The number of nitrogens with one attached hydrogen (secondary N) is 2. The van der Waals surface area contributed by atoms with E-state index in [1.165, 1.54) is 54.2 Å². The molecule has 1 atom stereocenters. The number of fused-ring (bicyclic) bond motifs is 2. The van der Waals surface area contributed by atoms with Gasteiger partial charge in [0.05, 0.1) is 4.90 Å². The van der Waals surface area contributed by atoms with Crippen LogP contribution < -0.4 is 10.0 Å². The van der Waals surface area contributed by atoms with Crippen LogP contribution >= 0.6 is 0 Å². The Morgan fingerprint density at radius 1 is 0.862 bits per heavy atom. The summed E-state index contributed by atoms with van der Waals surface area (Å²) in [6.07, 6.45) is 7.16. The van der Waals surface area contributed by atoms with E-state index in [4.69, 9.17) is 0 Å². The number of rotatable bonds is 4. The smallest absolute Gasteiger partial charge is 0.150 e. The molecule has 1 aliphatic heterocycles. The van der Waals surface area contributed by atoms with Crippen LogP contribution in [0.3, 0.4) is 0 Å². The van der Waals surface area contributed by atoms with Crippen molar-refractivity contribution in [1.82, 2.24) is 5.32 Å². The van der Waals surface area contributed by atoms with Crippen molar-refractivity contribution in [3.05, 3.63) is 71.3 Å². The molecule has 4 heteroatoms. The topological polar surface area (TPSA) is 41.1 Å². The van der Waals surface area contributed by atoms with Crippen LogP contribution in [0.25, 0.3) is 10.8 Å². The maximum absolute atomic E-state index is 13.3. The summed E-state index contributed by atoms with van der Waals surface area (Å²) in [5.41, 5.74) is 5.21. The Bertz CT molecular complexity index is 1060. The first-order valence-corrected chi connectivity index (χ1v) is 12.0. The third-order valence-corrected chi connectivity index (χ3v) is 7.63. The van der Waals surface area contributed by atoms with Gasteiger partial charge in [-0.15, -0.1) is 0 Å². The Kier molecular flexibility index (Phi) is 5.38. The van der Waals surface area contributed by atoms with Crippen molar-refractivity contribution in [2.45, 2.75) is 49.3 Å². The van der Waals surface area contributed by atoms with Gasteiger partial charge in [0, 0.05) is 5.69 Å². The van der Waals surface area contributed by atoms with Gasteiger partial charge in [-0.3, -0.25) is 0 Å². The van der Waals surface area contributed by atoms with Crippen LogP contribution in [0.5, 0.6) is 0 Å². The predicted octanol–water partition coefficient (Wildman–Crippen LogP) is 5.32. The largest absolute Gasteiger partial charge is 0.317 e. The summed E-state index contributed by atoms with van der Waals surface area (Å²) in [4.78, 5) is 0.871. The zero-order valence-corrected chi connectivity index (χ0v) is 17.6. The molecule has 3 aromatic carbocycles. The van der Waals surface area contributed by atoms with Gasteiger partial charge in [0.2, 0.25) is 0 Å². The highest BCUT2D eigenvalue weighted by atomic mass is 32.2. The number of hydrogen-bond acceptors (Lipinski definition) is 2. The Balaban J connectivity index is 1.46. The van der Waals surface area contributed by atoms with Gasteiger partial charge in [0.25, 0.3) is 0 Å². The lowest BCUT2D eigenvalue weighted by molar-refractivity contribution is 0.462. The van der Waals surface area contributed by atoms with Gasteiger partial charge in [0.1, 0.15) is 0 Å². The van der Waals surface area contributed by atoms with Crippen molar-refractivity contribution in [3.63, 3.8) is 0 Å². The van der Waals surface area contributed by atoms with E-state index in [1.807, 2.05) is 6.07 Å². The van der Waals surface area contributed by atoms with Crippen molar-refractivity contribution < 1.29 is 4.21 Å². The second-order valence-electron chi connectivity index (χ2n) is 8.28. The molecule has 0 bridgehead atoms. The van der Waals surface area contributed by atoms with E-state index in [1.54, 1.807) is 0 Å². The molecule has 150 valence electrons. The van der Waals surface area contributed by atoms with Gasteiger partial charge in [-0.25, -0.2) is 4.21 Å². The Hall–Kier alpha value is -2.17. The van der Waals surface area contributed by atoms with Gasteiger partial charge < -0.3 is 10.0 Å². The fourth-order valence-electron chi connectivity index (χ4n) is 4.90.